The molecule has 1 aromatic carbocycles. The number of alkyl halides is 3. The zero-order chi connectivity index (χ0) is 17.7. The standard InChI is InChI=1S/C14H20F3N5O2/c1-8-7-11(18-2)21-12(19-8)22-13(23)20-9-3-5-10(6-4-9)24-14(15,16)17/h3-6,8,11-12,18-19,21H,7H2,1-2H3,(H2,20,22,23). The molecule has 1 aromatic rings. The molecule has 2 amide bonds. The van der Waals surface area contributed by atoms with E-state index in [1.54, 1.807) is 0 Å². The molecule has 1 heterocycles. The molecule has 1 aliphatic heterocycles. The number of benzene rings is 1. The van der Waals surface area contributed by atoms with Gasteiger partial charge in [-0.05, 0) is 44.7 Å². The van der Waals surface area contributed by atoms with Gasteiger partial charge in [0.2, 0.25) is 0 Å². The van der Waals surface area contributed by atoms with Crippen LogP contribution in [0.3, 0.4) is 0 Å². The summed E-state index contributed by atoms with van der Waals surface area (Å²) in [6.07, 6.45) is -4.26. The molecule has 1 saturated heterocycles. The molecule has 3 atom stereocenters. The minimum atomic E-state index is -4.74. The predicted molar refractivity (Wildman–Crippen MR) is 82.3 cm³/mol. The third kappa shape index (κ3) is 5.87. The maximum atomic E-state index is 12.1. The highest BCUT2D eigenvalue weighted by Crippen LogP contribution is 2.23. The molecule has 0 aliphatic carbocycles. The van der Waals surface area contributed by atoms with Crippen LogP contribution >= 0.6 is 0 Å². The fourth-order valence-corrected chi connectivity index (χ4v) is 2.35. The highest BCUT2D eigenvalue weighted by atomic mass is 19.4. The summed E-state index contributed by atoms with van der Waals surface area (Å²) in [5.74, 6) is -0.352. The van der Waals surface area contributed by atoms with Crippen LogP contribution in [0.15, 0.2) is 24.3 Å². The number of amides is 2. The van der Waals surface area contributed by atoms with Gasteiger partial charge >= 0.3 is 12.4 Å². The zero-order valence-electron chi connectivity index (χ0n) is 13.2. The molecule has 0 spiro atoms. The lowest BCUT2D eigenvalue weighted by atomic mass is 10.1. The highest BCUT2D eigenvalue weighted by molar-refractivity contribution is 5.89. The lowest BCUT2D eigenvalue weighted by molar-refractivity contribution is -0.274. The second-order valence-electron chi connectivity index (χ2n) is 5.41. The van der Waals surface area contributed by atoms with Crippen molar-refractivity contribution in [2.75, 3.05) is 12.4 Å². The molecule has 2 rings (SSSR count). The van der Waals surface area contributed by atoms with E-state index in [1.807, 2.05) is 14.0 Å². The van der Waals surface area contributed by atoms with E-state index in [-0.39, 0.29) is 18.0 Å². The monoisotopic (exact) mass is 347 g/mol. The molecule has 24 heavy (non-hydrogen) atoms. The molecule has 7 nitrogen and oxygen atoms in total. The molecule has 5 N–H and O–H groups in total. The van der Waals surface area contributed by atoms with Crippen molar-refractivity contribution in [1.29, 1.82) is 0 Å². The van der Waals surface area contributed by atoms with Gasteiger partial charge in [0.25, 0.3) is 0 Å². The molecule has 0 bridgehead atoms. The Kier molecular flexibility index (Phi) is 5.86. The van der Waals surface area contributed by atoms with Gasteiger partial charge in [-0.1, -0.05) is 0 Å². The van der Waals surface area contributed by atoms with Gasteiger partial charge in [-0.15, -0.1) is 13.2 Å². The fraction of sp³-hybridized carbons (Fsp3) is 0.500. The average molecular weight is 347 g/mol. The molecule has 0 saturated carbocycles. The van der Waals surface area contributed by atoms with Crippen LogP contribution in [0.4, 0.5) is 23.7 Å². The number of nitrogens with one attached hydrogen (secondary N) is 5. The van der Waals surface area contributed by atoms with E-state index < -0.39 is 18.7 Å². The predicted octanol–water partition coefficient (Wildman–Crippen LogP) is 1.51. The second kappa shape index (κ2) is 7.69. The zero-order valence-corrected chi connectivity index (χ0v) is 13.2. The third-order valence-electron chi connectivity index (χ3n) is 3.38. The van der Waals surface area contributed by atoms with Crippen LogP contribution in [0.5, 0.6) is 5.75 Å². The van der Waals surface area contributed by atoms with Crippen molar-refractivity contribution in [2.24, 2.45) is 0 Å². The van der Waals surface area contributed by atoms with Crippen molar-refractivity contribution in [1.82, 2.24) is 21.3 Å². The van der Waals surface area contributed by atoms with Crippen LogP contribution in [0.2, 0.25) is 0 Å². The first-order valence-electron chi connectivity index (χ1n) is 7.38. The van der Waals surface area contributed by atoms with E-state index >= 15 is 0 Å². The maximum Gasteiger partial charge on any atom is 0.573 e. The smallest absolute Gasteiger partial charge is 0.406 e. The van der Waals surface area contributed by atoms with Crippen molar-refractivity contribution in [3.8, 4) is 5.75 Å². The Hall–Kier alpha value is -2.04. The van der Waals surface area contributed by atoms with Crippen molar-refractivity contribution in [2.45, 2.75) is 38.2 Å². The number of urea groups is 1. The van der Waals surface area contributed by atoms with Gasteiger partial charge < -0.3 is 20.7 Å². The van der Waals surface area contributed by atoms with Gasteiger partial charge in [0.1, 0.15) is 12.0 Å². The van der Waals surface area contributed by atoms with Gasteiger partial charge in [0, 0.05) is 11.7 Å². The largest absolute Gasteiger partial charge is 0.573 e. The van der Waals surface area contributed by atoms with E-state index in [4.69, 9.17) is 0 Å². The molecule has 134 valence electrons. The SMILES string of the molecule is CNC1CC(C)NC(NC(=O)Nc2ccc(OC(F)(F)F)cc2)N1. The first-order valence-corrected chi connectivity index (χ1v) is 7.38. The Morgan fingerprint density at radius 3 is 2.50 bits per heavy atom. The second-order valence-corrected chi connectivity index (χ2v) is 5.41. The van der Waals surface area contributed by atoms with Gasteiger partial charge in [-0.2, -0.15) is 0 Å². The molecule has 10 heteroatoms. The van der Waals surface area contributed by atoms with Crippen molar-refractivity contribution >= 4 is 11.7 Å². The van der Waals surface area contributed by atoms with Crippen molar-refractivity contribution in [3.63, 3.8) is 0 Å². The van der Waals surface area contributed by atoms with Gasteiger partial charge in [0.05, 0.1) is 6.17 Å². The summed E-state index contributed by atoms with van der Waals surface area (Å²) < 4.78 is 40.0. The van der Waals surface area contributed by atoms with E-state index in [0.717, 1.165) is 18.6 Å². The highest BCUT2D eigenvalue weighted by Gasteiger charge is 2.31. The van der Waals surface area contributed by atoms with Crippen LogP contribution in [0, 0.1) is 0 Å². The molecule has 0 aromatic heterocycles. The van der Waals surface area contributed by atoms with Gasteiger partial charge in [-0.3, -0.25) is 10.6 Å². The Labute approximate surface area is 137 Å². The summed E-state index contributed by atoms with van der Waals surface area (Å²) in [5, 5.41) is 14.6. The number of ether oxygens (including phenoxy) is 1. The quantitative estimate of drug-likeness (QED) is 0.570. The summed E-state index contributed by atoms with van der Waals surface area (Å²) in [7, 11) is 1.82. The molecule has 3 unspecified atom stereocenters. The molecular weight excluding hydrogens is 327 g/mol. The van der Waals surface area contributed by atoms with Gasteiger partial charge in [-0.25, -0.2) is 4.79 Å². The Morgan fingerprint density at radius 1 is 1.25 bits per heavy atom. The Bertz CT molecular complexity index is 552. The summed E-state index contributed by atoms with van der Waals surface area (Å²) in [6, 6.07) is 4.60. The average Bonchev–Trinajstić information content (AvgIpc) is 2.47. The number of hydrogen-bond acceptors (Lipinski definition) is 5. The summed E-state index contributed by atoms with van der Waals surface area (Å²) in [5.41, 5.74) is 0.344. The van der Waals surface area contributed by atoms with E-state index in [0.29, 0.717) is 5.69 Å². The van der Waals surface area contributed by atoms with Gasteiger partial charge in [0.15, 0.2) is 0 Å². The number of carbonyl (C=O) groups excluding carboxylic acids is 1. The Balaban J connectivity index is 1.86. The number of carbonyl (C=O) groups is 1. The molecule has 0 radical (unpaired) electrons. The normalized spacial score (nSPS) is 24.3. The van der Waals surface area contributed by atoms with E-state index in [2.05, 4.69) is 31.3 Å². The minimum Gasteiger partial charge on any atom is -0.406 e. The molecule has 1 aliphatic rings. The summed E-state index contributed by atoms with van der Waals surface area (Å²) >= 11 is 0. The Morgan fingerprint density at radius 2 is 1.92 bits per heavy atom. The minimum absolute atomic E-state index is 0.0605. The first-order chi connectivity index (χ1) is 11.2. The van der Waals surface area contributed by atoms with Crippen molar-refractivity contribution < 1.29 is 22.7 Å². The van der Waals surface area contributed by atoms with E-state index in [1.165, 1.54) is 12.1 Å². The van der Waals surface area contributed by atoms with Crippen LogP contribution in [-0.4, -0.2) is 37.9 Å². The number of hydrogen-bond donors (Lipinski definition) is 5. The fourth-order valence-electron chi connectivity index (χ4n) is 2.35. The summed E-state index contributed by atoms with van der Waals surface area (Å²) in [4.78, 5) is 12.0. The van der Waals surface area contributed by atoms with Crippen molar-refractivity contribution in [3.05, 3.63) is 24.3 Å². The lowest BCUT2D eigenvalue weighted by Crippen LogP contribution is -2.67. The molecule has 1 fully saturated rings. The van der Waals surface area contributed by atoms with Crippen LogP contribution in [-0.2, 0) is 0 Å². The number of halogens is 3. The first kappa shape index (κ1) is 18.3. The topological polar surface area (TPSA) is 86.5 Å². The number of anilines is 1. The maximum absolute atomic E-state index is 12.1. The van der Waals surface area contributed by atoms with Crippen LogP contribution in [0.25, 0.3) is 0 Å². The van der Waals surface area contributed by atoms with Crippen LogP contribution in [0.1, 0.15) is 13.3 Å². The van der Waals surface area contributed by atoms with E-state index in [9.17, 15) is 18.0 Å². The third-order valence-corrected chi connectivity index (χ3v) is 3.38. The number of rotatable bonds is 4. The van der Waals surface area contributed by atoms with Crippen LogP contribution < -0.4 is 31.3 Å². The summed E-state index contributed by atoms with van der Waals surface area (Å²) in [6.45, 7) is 2.00. The lowest BCUT2D eigenvalue weighted by Gasteiger charge is -2.36. The molecular formula is C14H20F3N5O2.